The van der Waals surface area contributed by atoms with Gasteiger partial charge in [-0.15, -0.1) is 0 Å². The molecule has 60 valence electrons. The van der Waals surface area contributed by atoms with Crippen molar-refractivity contribution >= 4 is 0 Å². The first kappa shape index (κ1) is 8.02. The molecular formula is C8H16O2. The van der Waals surface area contributed by atoms with Crippen LogP contribution in [-0.2, 0) is 0 Å². The Morgan fingerprint density at radius 3 is 2.60 bits per heavy atom. The zero-order valence-corrected chi connectivity index (χ0v) is 6.45. The fourth-order valence-corrected chi connectivity index (χ4v) is 1.75. The Morgan fingerprint density at radius 2 is 2.20 bits per heavy atom. The first-order chi connectivity index (χ1) is 4.68. The van der Waals surface area contributed by atoms with Crippen LogP contribution < -0.4 is 0 Å². The minimum atomic E-state index is -0.199. The Morgan fingerprint density at radius 1 is 1.50 bits per heavy atom. The standard InChI is InChI=1S/C8H16O2/c1-6(9)4-7-2-3-8(10)5-7/h6-10H,2-5H2,1H3. The van der Waals surface area contributed by atoms with Crippen molar-refractivity contribution < 1.29 is 10.2 Å². The van der Waals surface area contributed by atoms with Gasteiger partial charge in [-0.25, -0.2) is 0 Å². The van der Waals surface area contributed by atoms with Gasteiger partial charge in [0, 0.05) is 0 Å². The van der Waals surface area contributed by atoms with Gasteiger partial charge < -0.3 is 10.2 Å². The molecule has 1 saturated carbocycles. The Kier molecular flexibility index (Phi) is 2.69. The van der Waals surface area contributed by atoms with Gasteiger partial charge in [0.1, 0.15) is 0 Å². The summed E-state index contributed by atoms with van der Waals surface area (Å²) < 4.78 is 0. The van der Waals surface area contributed by atoms with E-state index in [2.05, 4.69) is 0 Å². The van der Waals surface area contributed by atoms with Gasteiger partial charge in [0.2, 0.25) is 0 Å². The average Bonchev–Trinajstić information content (AvgIpc) is 2.13. The third kappa shape index (κ3) is 2.27. The normalized spacial score (nSPS) is 36.3. The van der Waals surface area contributed by atoms with E-state index >= 15 is 0 Å². The monoisotopic (exact) mass is 144 g/mol. The quantitative estimate of drug-likeness (QED) is 0.605. The molecule has 0 saturated heterocycles. The lowest BCUT2D eigenvalue weighted by molar-refractivity contribution is 0.146. The molecule has 0 amide bonds. The third-order valence-electron chi connectivity index (χ3n) is 2.19. The molecule has 1 aliphatic rings. The second-order valence-electron chi connectivity index (χ2n) is 3.42. The van der Waals surface area contributed by atoms with Crippen LogP contribution in [0.1, 0.15) is 32.6 Å². The van der Waals surface area contributed by atoms with Crippen LogP contribution in [0.15, 0.2) is 0 Å². The first-order valence-electron chi connectivity index (χ1n) is 4.04. The molecule has 0 spiro atoms. The van der Waals surface area contributed by atoms with E-state index in [1.165, 1.54) is 0 Å². The van der Waals surface area contributed by atoms with Crippen LogP contribution in [-0.4, -0.2) is 22.4 Å². The maximum absolute atomic E-state index is 9.13. The molecule has 3 atom stereocenters. The summed E-state index contributed by atoms with van der Waals surface area (Å²) in [4.78, 5) is 0. The summed E-state index contributed by atoms with van der Waals surface area (Å²) in [6, 6.07) is 0. The van der Waals surface area contributed by atoms with E-state index in [0.29, 0.717) is 5.92 Å². The van der Waals surface area contributed by atoms with Crippen molar-refractivity contribution in [1.82, 2.24) is 0 Å². The van der Waals surface area contributed by atoms with Crippen LogP contribution in [0.5, 0.6) is 0 Å². The van der Waals surface area contributed by atoms with Gasteiger partial charge in [0.25, 0.3) is 0 Å². The minimum absolute atomic E-state index is 0.0938. The fourth-order valence-electron chi connectivity index (χ4n) is 1.75. The number of hydrogen-bond acceptors (Lipinski definition) is 2. The maximum Gasteiger partial charge on any atom is 0.0543 e. The highest BCUT2D eigenvalue weighted by Crippen LogP contribution is 2.28. The molecule has 0 aromatic carbocycles. The molecule has 0 heterocycles. The van der Waals surface area contributed by atoms with Crippen LogP contribution in [0.2, 0.25) is 0 Å². The molecule has 2 heteroatoms. The highest BCUT2D eigenvalue weighted by molar-refractivity contribution is 4.75. The maximum atomic E-state index is 9.13. The van der Waals surface area contributed by atoms with Crippen LogP contribution in [0.4, 0.5) is 0 Å². The number of aliphatic hydroxyl groups excluding tert-OH is 2. The van der Waals surface area contributed by atoms with Crippen molar-refractivity contribution in [3.05, 3.63) is 0 Å². The smallest absolute Gasteiger partial charge is 0.0543 e. The Hall–Kier alpha value is -0.0800. The molecule has 0 radical (unpaired) electrons. The topological polar surface area (TPSA) is 40.5 Å². The second-order valence-corrected chi connectivity index (χ2v) is 3.42. The predicted molar refractivity (Wildman–Crippen MR) is 39.6 cm³/mol. The van der Waals surface area contributed by atoms with E-state index in [1.54, 1.807) is 0 Å². The van der Waals surface area contributed by atoms with Crippen LogP contribution in [0.25, 0.3) is 0 Å². The highest BCUT2D eigenvalue weighted by atomic mass is 16.3. The van der Waals surface area contributed by atoms with Crippen LogP contribution >= 0.6 is 0 Å². The molecule has 0 bridgehead atoms. The lowest BCUT2D eigenvalue weighted by atomic mass is 10.0. The summed E-state index contributed by atoms with van der Waals surface area (Å²) in [5, 5.41) is 18.1. The number of hydrogen-bond donors (Lipinski definition) is 2. The SMILES string of the molecule is CC(O)CC1CCC(O)C1. The fraction of sp³-hybridized carbons (Fsp3) is 1.00. The van der Waals surface area contributed by atoms with Crippen molar-refractivity contribution in [1.29, 1.82) is 0 Å². The largest absolute Gasteiger partial charge is 0.393 e. The van der Waals surface area contributed by atoms with Crippen molar-refractivity contribution in [2.45, 2.75) is 44.8 Å². The molecule has 0 aromatic heterocycles. The Bertz CT molecular complexity index is 101. The summed E-state index contributed by atoms with van der Waals surface area (Å²) in [7, 11) is 0. The summed E-state index contributed by atoms with van der Waals surface area (Å²) in [5.41, 5.74) is 0. The Balaban J connectivity index is 2.18. The molecule has 3 unspecified atom stereocenters. The second kappa shape index (κ2) is 3.35. The summed E-state index contributed by atoms with van der Waals surface area (Å²) in [6.07, 6.45) is 3.48. The molecule has 0 aromatic rings. The van der Waals surface area contributed by atoms with Gasteiger partial charge in [0.05, 0.1) is 12.2 Å². The summed E-state index contributed by atoms with van der Waals surface area (Å²) >= 11 is 0. The average molecular weight is 144 g/mol. The van der Waals surface area contributed by atoms with Gasteiger partial charge in [-0.1, -0.05) is 0 Å². The molecule has 2 N–H and O–H groups in total. The van der Waals surface area contributed by atoms with E-state index in [0.717, 1.165) is 25.7 Å². The van der Waals surface area contributed by atoms with E-state index in [4.69, 9.17) is 10.2 Å². The van der Waals surface area contributed by atoms with E-state index < -0.39 is 0 Å². The molecule has 1 aliphatic carbocycles. The van der Waals surface area contributed by atoms with Gasteiger partial charge in [0.15, 0.2) is 0 Å². The number of rotatable bonds is 2. The minimum Gasteiger partial charge on any atom is -0.393 e. The summed E-state index contributed by atoms with van der Waals surface area (Å²) in [5.74, 6) is 0.565. The zero-order chi connectivity index (χ0) is 7.56. The molecular weight excluding hydrogens is 128 g/mol. The molecule has 2 nitrogen and oxygen atoms in total. The lowest BCUT2D eigenvalue weighted by Gasteiger charge is -2.10. The van der Waals surface area contributed by atoms with Crippen molar-refractivity contribution in [2.24, 2.45) is 5.92 Å². The van der Waals surface area contributed by atoms with Gasteiger partial charge in [-0.3, -0.25) is 0 Å². The van der Waals surface area contributed by atoms with E-state index in [1.807, 2.05) is 6.92 Å². The molecule has 0 aliphatic heterocycles. The van der Waals surface area contributed by atoms with Gasteiger partial charge in [-0.05, 0) is 38.5 Å². The summed E-state index contributed by atoms with van der Waals surface area (Å²) in [6.45, 7) is 1.81. The molecule has 10 heavy (non-hydrogen) atoms. The highest BCUT2D eigenvalue weighted by Gasteiger charge is 2.23. The lowest BCUT2D eigenvalue weighted by Crippen LogP contribution is -2.08. The molecule has 1 rings (SSSR count). The zero-order valence-electron chi connectivity index (χ0n) is 6.45. The Labute approximate surface area is 61.9 Å². The van der Waals surface area contributed by atoms with Crippen molar-refractivity contribution in [3.8, 4) is 0 Å². The molecule has 1 fully saturated rings. The van der Waals surface area contributed by atoms with Gasteiger partial charge in [-0.2, -0.15) is 0 Å². The van der Waals surface area contributed by atoms with Crippen LogP contribution in [0, 0.1) is 5.92 Å². The van der Waals surface area contributed by atoms with Crippen molar-refractivity contribution in [2.75, 3.05) is 0 Å². The van der Waals surface area contributed by atoms with Crippen molar-refractivity contribution in [3.63, 3.8) is 0 Å². The number of aliphatic hydroxyl groups is 2. The van der Waals surface area contributed by atoms with Crippen LogP contribution in [0.3, 0.4) is 0 Å². The third-order valence-corrected chi connectivity index (χ3v) is 2.19. The van der Waals surface area contributed by atoms with E-state index in [9.17, 15) is 0 Å². The van der Waals surface area contributed by atoms with E-state index in [-0.39, 0.29) is 12.2 Å². The first-order valence-corrected chi connectivity index (χ1v) is 4.04. The van der Waals surface area contributed by atoms with Gasteiger partial charge >= 0.3 is 0 Å². The predicted octanol–water partition coefficient (Wildman–Crippen LogP) is 0.918.